The van der Waals surface area contributed by atoms with Crippen LogP contribution in [0.1, 0.15) is 0 Å². The maximum Gasteiger partial charge on any atom is 0.503 e. The molecule has 0 saturated carbocycles. The molecule has 0 aromatic rings. The van der Waals surface area contributed by atoms with Gasteiger partial charge in [0.25, 0.3) is 0 Å². The molecule has 34 valence electrons. The van der Waals surface area contributed by atoms with E-state index in [0.717, 1.165) is 11.2 Å². The van der Waals surface area contributed by atoms with Crippen molar-refractivity contribution in [2.45, 2.75) is 4.55 Å². The van der Waals surface area contributed by atoms with Crippen molar-refractivity contribution < 1.29 is 4.74 Å². The highest BCUT2D eigenvalue weighted by Gasteiger charge is 1.85. The standard InChI is InChI=1S/C3H7O.ClH.Mg/c1-3-4-2;;/h1,3H2,2H3;1H;/q;;+1/p-1. The number of methoxy groups -OCH3 is 1. The van der Waals surface area contributed by atoms with Crippen molar-refractivity contribution in [3.05, 3.63) is 0 Å². The number of rotatable bonds is 3. The zero-order valence-electron chi connectivity index (χ0n) is 3.91. The van der Waals surface area contributed by atoms with Gasteiger partial charge in [0.15, 0.2) is 0 Å². The van der Waals surface area contributed by atoms with E-state index >= 15 is 0 Å². The van der Waals surface area contributed by atoms with Gasteiger partial charge in [-0.2, -0.15) is 0 Å². The van der Waals surface area contributed by atoms with E-state index in [4.69, 9.17) is 13.8 Å². The largest absolute Gasteiger partial charge is 0.503 e. The molecular formula is C3H7ClMgO. The average molecular weight is 119 g/mol. The van der Waals surface area contributed by atoms with Crippen LogP contribution in [0.3, 0.4) is 0 Å². The minimum atomic E-state index is -0.250. The van der Waals surface area contributed by atoms with Crippen LogP contribution in [0, 0.1) is 0 Å². The highest BCUT2D eigenvalue weighted by atomic mass is 35.5. The summed E-state index contributed by atoms with van der Waals surface area (Å²) in [6.07, 6.45) is 0. The molecular weight excluding hydrogens is 112 g/mol. The second kappa shape index (κ2) is 6.02. The summed E-state index contributed by atoms with van der Waals surface area (Å²) < 4.78 is 5.83. The van der Waals surface area contributed by atoms with E-state index in [1.807, 2.05) is 0 Å². The van der Waals surface area contributed by atoms with E-state index in [9.17, 15) is 0 Å². The van der Waals surface area contributed by atoms with Crippen molar-refractivity contribution in [2.24, 2.45) is 0 Å². The first kappa shape index (κ1) is 7.02. The summed E-state index contributed by atoms with van der Waals surface area (Å²) >= 11 is -0.250. The van der Waals surface area contributed by atoms with Gasteiger partial charge in [-0.3, -0.25) is 0 Å². The Kier molecular flexibility index (Phi) is 7.04. The third-order valence-electron chi connectivity index (χ3n) is 0.482. The summed E-state index contributed by atoms with van der Waals surface area (Å²) in [5.74, 6) is 0. The molecule has 1 nitrogen and oxygen atoms in total. The highest BCUT2D eigenvalue weighted by Crippen LogP contribution is 1.80. The molecule has 0 aromatic heterocycles. The molecule has 0 rings (SSSR count). The minimum absolute atomic E-state index is 0.250. The van der Waals surface area contributed by atoms with Gasteiger partial charge in [0.2, 0.25) is 0 Å². The van der Waals surface area contributed by atoms with Crippen molar-refractivity contribution in [2.75, 3.05) is 13.7 Å². The number of hydrogen-bond acceptors (Lipinski definition) is 1. The van der Waals surface area contributed by atoms with Gasteiger partial charge in [-0.25, -0.2) is 0 Å². The fraction of sp³-hybridized carbons (Fsp3) is 1.00. The topological polar surface area (TPSA) is 9.23 Å². The molecule has 0 saturated heterocycles. The molecule has 0 radical (unpaired) electrons. The fourth-order valence-electron chi connectivity index (χ4n) is 0.199. The molecule has 0 N–H and O–H groups in total. The van der Waals surface area contributed by atoms with E-state index in [2.05, 4.69) is 0 Å². The molecule has 0 aliphatic carbocycles. The van der Waals surface area contributed by atoms with Gasteiger partial charge in [-0.15, -0.1) is 4.55 Å². The number of halogens is 1. The molecule has 0 fully saturated rings. The molecule has 0 unspecified atom stereocenters. The molecule has 0 aliphatic heterocycles. The van der Waals surface area contributed by atoms with E-state index in [1.54, 1.807) is 7.11 Å². The second-order valence-electron chi connectivity index (χ2n) is 1.04. The Morgan fingerprint density at radius 2 is 2.50 bits per heavy atom. The van der Waals surface area contributed by atoms with Crippen molar-refractivity contribution in [1.29, 1.82) is 0 Å². The Bertz CT molecular complexity index is 22.8. The van der Waals surface area contributed by atoms with E-state index in [1.165, 1.54) is 0 Å². The molecule has 0 spiro atoms. The zero-order valence-corrected chi connectivity index (χ0v) is 6.08. The summed E-state index contributed by atoms with van der Waals surface area (Å²) in [4.78, 5) is 0. The molecule has 3 heteroatoms. The van der Waals surface area contributed by atoms with Crippen molar-refractivity contribution >= 4 is 28.3 Å². The van der Waals surface area contributed by atoms with Crippen LogP contribution in [0.5, 0.6) is 0 Å². The lowest BCUT2D eigenvalue weighted by molar-refractivity contribution is 0.216. The molecule has 0 aliphatic rings. The van der Waals surface area contributed by atoms with Crippen LogP contribution in [-0.4, -0.2) is 33.0 Å². The lowest BCUT2D eigenvalue weighted by Gasteiger charge is -1.87. The highest BCUT2D eigenvalue weighted by molar-refractivity contribution is 6.93. The molecule has 6 heavy (non-hydrogen) atoms. The van der Waals surface area contributed by atoms with Crippen LogP contribution < -0.4 is 0 Å². The van der Waals surface area contributed by atoms with Crippen LogP contribution in [-0.2, 0) is 4.74 Å². The SMILES string of the molecule is COC[CH2][Mg][Cl]. The normalized spacial score (nSPS) is 7.67. The first-order valence-electron chi connectivity index (χ1n) is 1.96. The van der Waals surface area contributed by atoms with Crippen molar-refractivity contribution in [3.63, 3.8) is 0 Å². The van der Waals surface area contributed by atoms with E-state index < -0.39 is 0 Å². The Labute approximate surface area is 51.5 Å². The van der Waals surface area contributed by atoms with Gasteiger partial charge < -0.3 is 13.8 Å². The maximum absolute atomic E-state index is 5.44. The monoisotopic (exact) mass is 118 g/mol. The third kappa shape index (κ3) is 5.02. The Morgan fingerprint density at radius 1 is 1.83 bits per heavy atom. The summed E-state index contributed by atoms with van der Waals surface area (Å²) in [5, 5.41) is 0. The predicted molar refractivity (Wildman–Crippen MR) is 28.3 cm³/mol. The van der Waals surface area contributed by atoms with Gasteiger partial charge in [-0.1, -0.05) is 0 Å². The number of hydrogen-bond donors (Lipinski definition) is 0. The van der Waals surface area contributed by atoms with Crippen LogP contribution >= 0.6 is 9.07 Å². The van der Waals surface area contributed by atoms with Gasteiger partial charge in [0.1, 0.15) is 0 Å². The summed E-state index contributed by atoms with van der Waals surface area (Å²) in [7, 11) is 7.13. The van der Waals surface area contributed by atoms with Crippen LogP contribution in [0.25, 0.3) is 0 Å². The van der Waals surface area contributed by atoms with Crippen molar-refractivity contribution in [3.8, 4) is 0 Å². The lowest BCUT2D eigenvalue weighted by atomic mass is 10.9. The molecule has 0 heterocycles. The number of ether oxygens (including phenoxy) is 1. The van der Waals surface area contributed by atoms with Crippen LogP contribution in [0.15, 0.2) is 0 Å². The fourth-order valence-corrected chi connectivity index (χ4v) is 0.924. The van der Waals surface area contributed by atoms with E-state index in [-0.39, 0.29) is 19.3 Å². The van der Waals surface area contributed by atoms with Crippen molar-refractivity contribution in [1.82, 2.24) is 0 Å². The van der Waals surface area contributed by atoms with Gasteiger partial charge in [0, 0.05) is 13.7 Å². The van der Waals surface area contributed by atoms with Crippen LogP contribution in [0.2, 0.25) is 4.55 Å². The van der Waals surface area contributed by atoms with E-state index in [0.29, 0.717) is 0 Å². The van der Waals surface area contributed by atoms with Gasteiger partial charge in [-0.05, 0) is 0 Å². The van der Waals surface area contributed by atoms with Gasteiger partial charge >= 0.3 is 19.3 Å². The Hall–Kier alpha value is 1.02. The summed E-state index contributed by atoms with van der Waals surface area (Å²) in [6, 6.07) is 0. The van der Waals surface area contributed by atoms with Gasteiger partial charge in [0.05, 0.1) is 0 Å². The predicted octanol–water partition coefficient (Wildman–Crippen LogP) is 0.909. The van der Waals surface area contributed by atoms with Crippen LogP contribution in [0.4, 0.5) is 0 Å². The first-order valence-corrected chi connectivity index (χ1v) is 5.10. The Morgan fingerprint density at radius 3 is 2.67 bits per heavy atom. The lowest BCUT2D eigenvalue weighted by Crippen LogP contribution is -1.87. The average Bonchev–Trinajstić information content (AvgIpc) is 1.61. The first-order chi connectivity index (χ1) is 2.91. The summed E-state index contributed by atoms with van der Waals surface area (Å²) in [6.45, 7) is 0.843. The molecule has 0 amide bonds. The summed E-state index contributed by atoms with van der Waals surface area (Å²) in [5.41, 5.74) is 0. The maximum atomic E-state index is 5.44. The minimum Gasteiger partial charge on any atom is -0.387 e. The molecule has 0 aromatic carbocycles. The second-order valence-corrected chi connectivity index (χ2v) is 3.25. The quantitative estimate of drug-likeness (QED) is 0.396. The smallest absolute Gasteiger partial charge is 0.387 e. The molecule has 0 atom stereocenters. The Balaban J connectivity index is 2.34. The third-order valence-corrected chi connectivity index (χ3v) is 1.84. The molecule has 0 bridgehead atoms. The zero-order chi connectivity index (χ0) is 4.83.